The van der Waals surface area contributed by atoms with Gasteiger partial charge in [0.15, 0.2) is 0 Å². The van der Waals surface area contributed by atoms with Crippen LogP contribution in [0.3, 0.4) is 0 Å². The fourth-order valence-corrected chi connectivity index (χ4v) is 3.97. The van der Waals surface area contributed by atoms with Crippen molar-refractivity contribution in [3.8, 4) is 0 Å². The number of likely N-dealkylation sites (N-methyl/N-ethyl adjacent to an activating group) is 1. The van der Waals surface area contributed by atoms with Crippen LogP contribution in [0.15, 0.2) is 59.5 Å². The smallest absolute Gasteiger partial charge is 0.264 e. The molecule has 0 fully saturated rings. The van der Waals surface area contributed by atoms with Crippen molar-refractivity contribution in [3.63, 3.8) is 0 Å². The van der Waals surface area contributed by atoms with E-state index in [1.54, 1.807) is 42.5 Å². The van der Waals surface area contributed by atoms with E-state index in [1.165, 1.54) is 4.31 Å². The Kier molecular flexibility index (Phi) is 7.38. The molecule has 0 aromatic heterocycles. The first kappa shape index (κ1) is 20.9. The molecule has 1 atom stereocenters. The van der Waals surface area contributed by atoms with Gasteiger partial charge >= 0.3 is 0 Å². The number of benzene rings is 2. The molecule has 0 saturated carbocycles. The van der Waals surface area contributed by atoms with Crippen LogP contribution >= 0.6 is 0 Å². The summed E-state index contributed by atoms with van der Waals surface area (Å²) in [5, 5.41) is 5.86. The molecule has 1 amide bonds. The number of nitrogens with one attached hydrogen (secondary N) is 2. The molecule has 0 aliphatic rings. The molecule has 2 aromatic carbocycles. The fraction of sp³-hybridized carbons (Fsp3) is 0.350. The third-order valence-corrected chi connectivity index (χ3v) is 6.13. The standard InChI is InChI=1S/C20H27N3O3S/c1-16-9-11-18(12-10-16)23(14-13-20(24)22-15-17(2)21-3)27(25,26)19-7-5-4-6-8-19/h4-12,17,21H,13-15H2,1-3H3,(H,22,24). The highest BCUT2D eigenvalue weighted by Crippen LogP contribution is 2.24. The molecule has 2 aromatic rings. The predicted octanol–water partition coefficient (Wildman–Crippen LogP) is 2.30. The van der Waals surface area contributed by atoms with Gasteiger partial charge in [0, 0.05) is 25.6 Å². The first-order valence-corrected chi connectivity index (χ1v) is 10.4. The second kappa shape index (κ2) is 9.53. The Morgan fingerprint density at radius 3 is 2.30 bits per heavy atom. The molecule has 0 bridgehead atoms. The summed E-state index contributed by atoms with van der Waals surface area (Å²) in [5.74, 6) is -0.183. The predicted molar refractivity (Wildman–Crippen MR) is 108 cm³/mol. The third-order valence-electron chi connectivity index (χ3n) is 4.29. The zero-order chi connectivity index (χ0) is 19.9. The number of hydrogen-bond acceptors (Lipinski definition) is 4. The van der Waals surface area contributed by atoms with Crippen LogP contribution in [0.25, 0.3) is 0 Å². The van der Waals surface area contributed by atoms with E-state index in [1.807, 2.05) is 33.0 Å². The van der Waals surface area contributed by atoms with Crippen LogP contribution in [0.4, 0.5) is 5.69 Å². The van der Waals surface area contributed by atoms with Crippen LogP contribution in [0.2, 0.25) is 0 Å². The molecule has 146 valence electrons. The molecule has 2 rings (SSSR count). The van der Waals surface area contributed by atoms with Gasteiger partial charge in [-0.05, 0) is 45.2 Å². The molecular formula is C20H27N3O3S. The van der Waals surface area contributed by atoms with Gasteiger partial charge in [0.1, 0.15) is 0 Å². The summed E-state index contributed by atoms with van der Waals surface area (Å²) < 4.78 is 27.5. The lowest BCUT2D eigenvalue weighted by atomic mass is 10.2. The highest BCUT2D eigenvalue weighted by molar-refractivity contribution is 7.92. The Hall–Kier alpha value is -2.38. The van der Waals surface area contributed by atoms with Gasteiger partial charge in [-0.2, -0.15) is 0 Å². The molecular weight excluding hydrogens is 362 g/mol. The second-order valence-corrected chi connectivity index (χ2v) is 8.33. The Morgan fingerprint density at radius 2 is 1.70 bits per heavy atom. The lowest BCUT2D eigenvalue weighted by Crippen LogP contribution is -2.39. The summed E-state index contributed by atoms with van der Waals surface area (Å²) in [6, 6.07) is 15.7. The number of aryl methyl sites for hydroxylation is 1. The fourth-order valence-electron chi connectivity index (χ4n) is 2.48. The van der Waals surface area contributed by atoms with Gasteiger partial charge in [0.05, 0.1) is 10.6 Å². The SMILES string of the molecule is CNC(C)CNC(=O)CCN(c1ccc(C)cc1)S(=O)(=O)c1ccccc1. The second-order valence-electron chi connectivity index (χ2n) is 6.47. The Morgan fingerprint density at radius 1 is 1.07 bits per heavy atom. The van der Waals surface area contributed by atoms with Crippen molar-refractivity contribution in [3.05, 3.63) is 60.2 Å². The number of rotatable bonds is 9. The van der Waals surface area contributed by atoms with Gasteiger partial charge in [0.2, 0.25) is 5.91 Å². The molecule has 2 N–H and O–H groups in total. The molecule has 7 heteroatoms. The molecule has 6 nitrogen and oxygen atoms in total. The zero-order valence-electron chi connectivity index (χ0n) is 16.0. The maximum Gasteiger partial charge on any atom is 0.264 e. The van der Waals surface area contributed by atoms with Crippen molar-refractivity contribution >= 4 is 21.6 Å². The zero-order valence-corrected chi connectivity index (χ0v) is 16.8. The van der Waals surface area contributed by atoms with Gasteiger partial charge in [-0.15, -0.1) is 0 Å². The van der Waals surface area contributed by atoms with Crippen LogP contribution in [-0.4, -0.2) is 40.5 Å². The van der Waals surface area contributed by atoms with E-state index in [4.69, 9.17) is 0 Å². The Labute approximate surface area is 161 Å². The van der Waals surface area contributed by atoms with Crippen LogP contribution in [0, 0.1) is 6.92 Å². The number of sulfonamides is 1. The molecule has 0 spiro atoms. The summed E-state index contributed by atoms with van der Waals surface area (Å²) >= 11 is 0. The average Bonchev–Trinajstić information content (AvgIpc) is 2.68. The summed E-state index contributed by atoms with van der Waals surface area (Å²) in [6.07, 6.45) is 0.0797. The average molecular weight is 390 g/mol. The van der Waals surface area contributed by atoms with Gasteiger partial charge < -0.3 is 10.6 Å². The van der Waals surface area contributed by atoms with Crippen molar-refractivity contribution < 1.29 is 13.2 Å². The topological polar surface area (TPSA) is 78.5 Å². The van der Waals surface area contributed by atoms with E-state index in [0.29, 0.717) is 12.2 Å². The van der Waals surface area contributed by atoms with Gasteiger partial charge in [-0.1, -0.05) is 35.9 Å². The van der Waals surface area contributed by atoms with Gasteiger partial charge in [0.25, 0.3) is 10.0 Å². The third kappa shape index (κ3) is 5.80. The van der Waals surface area contributed by atoms with E-state index in [-0.39, 0.29) is 29.8 Å². The van der Waals surface area contributed by atoms with Gasteiger partial charge in [-0.3, -0.25) is 9.10 Å². The number of carbonyl (C=O) groups is 1. The number of amides is 1. The summed E-state index contributed by atoms with van der Waals surface area (Å²) in [6.45, 7) is 4.46. The Bertz CT molecular complexity index is 837. The minimum atomic E-state index is -3.76. The highest BCUT2D eigenvalue weighted by atomic mass is 32.2. The number of carbonyl (C=O) groups excluding carboxylic acids is 1. The maximum absolute atomic E-state index is 13.1. The van der Waals surface area contributed by atoms with Crippen molar-refractivity contribution in [1.82, 2.24) is 10.6 Å². The van der Waals surface area contributed by atoms with E-state index in [2.05, 4.69) is 10.6 Å². The number of anilines is 1. The monoisotopic (exact) mass is 389 g/mol. The Balaban J connectivity index is 2.21. The number of hydrogen-bond donors (Lipinski definition) is 2. The van der Waals surface area contributed by atoms with E-state index in [0.717, 1.165) is 5.56 Å². The minimum absolute atomic E-state index is 0.0695. The molecule has 1 unspecified atom stereocenters. The summed E-state index contributed by atoms with van der Waals surface area (Å²) in [4.78, 5) is 12.4. The van der Waals surface area contributed by atoms with Crippen molar-refractivity contribution in [2.24, 2.45) is 0 Å². The van der Waals surface area contributed by atoms with Gasteiger partial charge in [-0.25, -0.2) is 8.42 Å². The largest absolute Gasteiger partial charge is 0.354 e. The van der Waals surface area contributed by atoms with Crippen molar-refractivity contribution in [2.75, 3.05) is 24.4 Å². The molecule has 0 aliphatic carbocycles. The molecule has 0 heterocycles. The molecule has 0 aliphatic heterocycles. The van der Waals surface area contributed by atoms with Crippen LogP contribution < -0.4 is 14.9 Å². The molecule has 0 saturated heterocycles. The summed E-state index contributed by atoms with van der Waals surface area (Å²) in [5.41, 5.74) is 1.58. The minimum Gasteiger partial charge on any atom is -0.354 e. The quantitative estimate of drug-likeness (QED) is 0.690. The first-order valence-electron chi connectivity index (χ1n) is 8.93. The first-order chi connectivity index (χ1) is 12.8. The van der Waals surface area contributed by atoms with E-state index < -0.39 is 10.0 Å². The normalized spacial score (nSPS) is 12.4. The van der Waals surface area contributed by atoms with Crippen LogP contribution in [0.1, 0.15) is 18.9 Å². The molecule has 0 radical (unpaired) electrons. The van der Waals surface area contributed by atoms with E-state index >= 15 is 0 Å². The van der Waals surface area contributed by atoms with Crippen LogP contribution in [0.5, 0.6) is 0 Å². The lowest BCUT2D eigenvalue weighted by molar-refractivity contribution is -0.120. The van der Waals surface area contributed by atoms with Crippen molar-refractivity contribution in [2.45, 2.75) is 31.2 Å². The van der Waals surface area contributed by atoms with Crippen molar-refractivity contribution in [1.29, 1.82) is 0 Å². The van der Waals surface area contributed by atoms with Crippen LogP contribution in [-0.2, 0) is 14.8 Å². The molecule has 27 heavy (non-hydrogen) atoms. The van der Waals surface area contributed by atoms with E-state index in [9.17, 15) is 13.2 Å². The highest BCUT2D eigenvalue weighted by Gasteiger charge is 2.25. The summed E-state index contributed by atoms with van der Waals surface area (Å²) in [7, 11) is -1.94. The maximum atomic E-state index is 13.1. The number of nitrogens with zero attached hydrogens (tertiary/aromatic N) is 1. The lowest BCUT2D eigenvalue weighted by Gasteiger charge is -2.24.